The van der Waals surface area contributed by atoms with Gasteiger partial charge in [0.2, 0.25) is 5.91 Å². The molecule has 0 bridgehead atoms. The van der Waals surface area contributed by atoms with E-state index in [9.17, 15) is 9.90 Å². The Balaban J connectivity index is 2.54. The van der Waals surface area contributed by atoms with Crippen LogP contribution in [-0.4, -0.2) is 54.3 Å². The van der Waals surface area contributed by atoms with Crippen LogP contribution in [0.25, 0.3) is 6.08 Å². The molecule has 0 aromatic carbocycles. The van der Waals surface area contributed by atoms with Gasteiger partial charge in [-0.3, -0.25) is 4.79 Å². The number of aliphatic hydroxyl groups excluding tert-OH is 1. The zero-order valence-corrected chi connectivity index (χ0v) is 11.7. The van der Waals surface area contributed by atoms with Crippen LogP contribution in [-0.2, 0) is 9.53 Å². The van der Waals surface area contributed by atoms with Crippen LogP contribution in [0.3, 0.4) is 0 Å². The topological polar surface area (TPSA) is 62.7 Å². The highest BCUT2D eigenvalue weighted by Gasteiger charge is 2.11. The first-order valence-electron chi connectivity index (χ1n) is 5.74. The average Bonchev–Trinajstić information content (AvgIpc) is 2.36. The maximum Gasteiger partial charge on any atom is 0.246 e. The lowest BCUT2D eigenvalue weighted by atomic mass is 10.2. The number of rotatable bonds is 6. The van der Waals surface area contributed by atoms with Gasteiger partial charge in [-0.1, -0.05) is 11.6 Å². The Labute approximate surface area is 117 Å². The molecular weight excluding hydrogens is 268 g/mol. The van der Waals surface area contributed by atoms with Gasteiger partial charge < -0.3 is 14.7 Å². The molecule has 0 aliphatic heterocycles. The molecule has 104 valence electrons. The minimum Gasteiger partial charge on any atom is -0.389 e. The summed E-state index contributed by atoms with van der Waals surface area (Å²) in [6, 6.07) is 3.40. The lowest BCUT2D eigenvalue weighted by molar-refractivity contribution is -0.126. The fraction of sp³-hybridized carbons (Fsp3) is 0.385. The van der Waals surface area contributed by atoms with Crippen molar-refractivity contribution >= 4 is 23.6 Å². The smallest absolute Gasteiger partial charge is 0.246 e. The summed E-state index contributed by atoms with van der Waals surface area (Å²) in [5, 5.41) is 9.90. The van der Waals surface area contributed by atoms with Gasteiger partial charge in [0.05, 0.1) is 12.7 Å². The molecule has 1 atom stereocenters. The average molecular weight is 285 g/mol. The van der Waals surface area contributed by atoms with E-state index in [4.69, 9.17) is 16.3 Å². The number of carbonyl (C=O) groups excluding carboxylic acids is 1. The number of aromatic nitrogens is 1. The number of amides is 1. The third-order valence-corrected chi connectivity index (χ3v) is 2.60. The molecule has 1 aromatic rings. The van der Waals surface area contributed by atoms with Crippen molar-refractivity contribution < 1.29 is 14.6 Å². The van der Waals surface area contributed by atoms with Crippen LogP contribution in [0.4, 0.5) is 0 Å². The number of nitrogens with zero attached hydrogens (tertiary/aromatic N) is 2. The second-order valence-electron chi connectivity index (χ2n) is 4.07. The highest BCUT2D eigenvalue weighted by molar-refractivity contribution is 6.29. The van der Waals surface area contributed by atoms with Crippen molar-refractivity contribution in [3.05, 3.63) is 35.1 Å². The maximum absolute atomic E-state index is 11.8. The van der Waals surface area contributed by atoms with E-state index in [2.05, 4.69) is 4.98 Å². The third-order valence-electron chi connectivity index (χ3n) is 2.39. The van der Waals surface area contributed by atoms with Gasteiger partial charge in [-0.05, 0) is 23.8 Å². The van der Waals surface area contributed by atoms with Gasteiger partial charge in [0, 0.05) is 33.0 Å². The first-order valence-corrected chi connectivity index (χ1v) is 6.12. The fourth-order valence-corrected chi connectivity index (χ4v) is 1.65. The molecule has 0 saturated carbocycles. The number of aliphatic hydroxyl groups is 1. The minimum absolute atomic E-state index is 0.196. The van der Waals surface area contributed by atoms with Crippen LogP contribution in [0.2, 0.25) is 5.15 Å². The van der Waals surface area contributed by atoms with Gasteiger partial charge in [0.1, 0.15) is 5.15 Å². The largest absolute Gasteiger partial charge is 0.389 e. The summed E-state index contributed by atoms with van der Waals surface area (Å²) < 4.78 is 4.80. The van der Waals surface area contributed by atoms with Crippen LogP contribution >= 0.6 is 11.6 Å². The molecule has 1 amide bonds. The van der Waals surface area contributed by atoms with Crippen molar-refractivity contribution in [2.45, 2.75) is 6.10 Å². The summed E-state index contributed by atoms with van der Waals surface area (Å²) in [6.45, 7) is 0.412. The highest BCUT2D eigenvalue weighted by Crippen LogP contribution is 2.08. The predicted octanol–water partition coefficient (Wildman–Crippen LogP) is 1.21. The number of hydrogen-bond acceptors (Lipinski definition) is 4. The highest BCUT2D eigenvalue weighted by atomic mass is 35.5. The number of halogens is 1. The van der Waals surface area contributed by atoms with Gasteiger partial charge in [0.25, 0.3) is 0 Å². The van der Waals surface area contributed by atoms with Crippen molar-refractivity contribution in [1.29, 1.82) is 0 Å². The summed E-state index contributed by atoms with van der Waals surface area (Å²) in [4.78, 5) is 17.1. The molecular formula is C13H17ClN2O3. The number of pyridine rings is 1. The Morgan fingerprint density at radius 1 is 1.68 bits per heavy atom. The molecule has 1 heterocycles. The van der Waals surface area contributed by atoms with Crippen molar-refractivity contribution in [2.24, 2.45) is 0 Å². The van der Waals surface area contributed by atoms with Crippen LogP contribution in [0, 0.1) is 0 Å². The van der Waals surface area contributed by atoms with Crippen molar-refractivity contribution in [3.8, 4) is 0 Å². The zero-order valence-electron chi connectivity index (χ0n) is 10.9. The normalized spacial score (nSPS) is 12.6. The Kier molecular flexibility index (Phi) is 6.49. The van der Waals surface area contributed by atoms with Gasteiger partial charge in [-0.2, -0.15) is 0 Å². The van der Waals surface area contributed by atoms with E-state index < -0.39 is 6.10 Å². The lowest BCUT2D eigenvalue weighted by Crippen LogP contribution is -2.35. The number of carbonyl (C=O) groups is 1. The van der Waals surface area contributed by atoms with Gasteiger partial charge in [0.15, 0.2) is 0 Å². The van der Waals surface area contributed by atoms with Crippen molar-refractivity contribution in [1.82, 2.24) is 9.88 Å². The lowest BCUT2D eigenvalue weighted by Gasteiger charge is -2.18. The van der Waals surface area contributed by atoms with Crippen molar-refractivity contribution in [3.63, 3.8) is 0 Å². The Morgan fingerprint density at radius 3 is 3.05 bits per heavy atom. The van der Waals surface area contributed by atoms with E-state index in [1.807, 2.05) is 0 Å². The second-order valence-corrected chi connectivity index (χ2v) is 4.46. The molecule has 1 N–H and O–H groups in total. The van der Waals surface area contributed by atoms with E-state index in [-0.39, 0.29) is 19.1 Å². The molecule has 6 heteroatoms. The maximum atomic E-state index is 11.8. The molecule has 19 heavy (non-hydrogen) atoms. The molecule has 0 saturated heterocycles. The first kappa shape index (κ1) is 15.6. The van der Waals surface area contributed by atoms with Crippen molar-refractivity contribution in [2.75, 3.05) is 27.3 Å². The quantitative estimate of drug-likeness (QED) is 0.630. The van der Waals surface area contributed by atoms with E-state index >= 15 is 0 Å². The Bertz CT molecular complexity index is 451. The summed E-state index contributed by atoms with van der Waals surface area (Å²) in [7, 11) is 3.11. The number of methoxy groups -OCH3 is 1. The van der Waals surface area contributed by atoms with E-state index in [0.29, 0.717) is 5.15 Å². The Morgan fingerprint density at radius 2 is 2.42 bits per heavy atom. The summed E-state index contributed by atoms with van der Waals surface area (Å²) in [6.07, 6.45) is 3.95. The molecule has 0 fully saturated rings. The summed E-state index contributed by atoms with van der Waals surface area (Å²) in [5.41, 5.74) is 0.791. The van der Waals surface area contributed by atoms with Crippen LogP contribution in [0.15, 0.2) is 24.4 Å². The molecule has 5 nitrogen and oxygen atoms in total. The molecule has 0 spiro atoms. The zero-order chi connectivity index (χ0) is 14.3. The van der Waals surface area contributed by atoms with Gasteiger partial charge in [-0.15, -0.1) is 0 Å². The van der Waals surface area contributed by atoms with Gasteiger partial charge >= 0.3 is 0 Å². The van der Waals surface area contributed by atoms with Crippen LogP contribution < -0.4 is 0 Å². The molecule has 1 unspecified atom stereocenters. The molecule has 0 aliphatic carbocycles. The molecule has 1 rings (SSSR count). The van der Waals surface area contributed by atoms with Gasteiger partial charge in [-0.25, -0.2) is 4.98 Å². The first-order chi connectivity index (χ1) is 9.02. The summed E-state index contributed by atoms with van der Waals surface area (Å²) >= 11 is 5.74. The fourth-order valence-electron chi connectivity index (χ4n) is 1.47. The standard InChI is InChI=1S/C13H17ClN2O3/c1-16(8-11(17)9-19-2)13(18)4-3-10-5-6-15-12(14)7-10/h3-7,11,17H,8-9H2,1-2H3/b4-3+. The Hall–Kier alpha value is -1.43. The van der Waals surface area contributed by atoms with E-state index in [0.717, 1.165) is 5.56 Å². The minimum atomic E-state index is -0.692. The monoisotopic (exact) mass is 284 g/mol. The second kappa shape index (κ2) is 7.89. The number of ether oxygens (including phenoxy) is 1. The molecule has 0 aliphatic rings. The number of hydrogen-bond donors (Lipinski definition) is 1. The van der Waals surface area contributed by atoms with Crippen LogP contribution in [0.5, 0.6) is 0 Å². The van der Waals surface area contributed by atoms with E-state index in [1.54, 1.807) is 31.5 Å². The predicted molar refractivity (Wildman–Crippen MR) is 73.8 cm³/mol. The van der Waals surface area contributed by atoms with E-state index in [1.165, 1.54) is 18.1 Å². The summed E-state index contributed by atoms with van der Waals surface area (Å²) in [5.74, 6) is -0.205. The third kappa shape index (κ3) is 5.83. The SMILES string of the molecule is COCC(O)CN(C)C(=O)/C=C/c1ccnc(Cl)c1. The van der Waals surface area contributed by atoms with Crippen LogP contribution in [0.1, 0.15) is 5.56 Å². The molecule has 1 aromatic heterocycles. The number of likely N-dealkylation sites (N-methyl/N-ethyl adjacent to an activating group) is 1. The molecule has 0 radical (unpaired) electrons.